The molecule has 0 saturated carbocycles. The van der Waals surface area contributed by atoms with Crippen LogP contribution in [-0.4, -0.2) is 44.5 Å². The molecule has 1 amide bonds. The fraction of sp³-hybridized carbons (Fsp3) is 0.323. The summed E-state index contributed by atoms with van der Waals surface area (Å²) in [6.45, 7) is 4.60. The largest absolute Gasteiger partial charge is 0.872 e. The Morgan fingerprint density at radius 2 is 1.73 bits per heavy atom. The van der Waals surface area contributed by atoms with E-state index in [0.717, 1.165) is 24.0 Å². The summed E-state index contributed by atoms with van der Waals surface area (Å²) >= 11 is 0. The standard InChI is InChI=1S/C31H34N2O7/c1-6-7-13-40-23-11-10-21(14-19(23)2)28(34)26-27(22-15-24(37-3)30(39-5)25(16-22)38-4)33(31(36)29(26)35)18-20-9-8-12-32-17-20/h8-12,14-17,27,34H,6-7,13,18H2,1-5H3. The summed E-state index contributed by atoms with van der Waals surface area (Å²) in [5.74, 6) is -0.419. The highest BCUT2D eigenvalue weighted by molar-refractivity contribution is 6.46. The number of Topliss-reactive ketones (excluding diaryl/α,β-unsaturated/α-hetero) is 1. The number of ether oxygens (including phenoxy) is 4. The molecular formula is C31H34N2O7. The summed E-state index contributed by atoms with van der Waals surface area (Å²) in [7, 11) is 4.44. The number of methoxy groups -OCH3 is 3. The highest BCUT2D eigenvalue weighted by Gasteiger charge is 2.45. The molecule has 210 valence electrons. The van der Waals surface area contributed by atoms with Crippen LogP contribution in [0, 0.1) is 6.92 Å². The van der Waals surface area contributed by atoms with E-state index in [1.54, 1.807) is 48.8 Å². The molecule has 3 aromatic rings. The van der Waals surface area contributed by atoms with E-state index in [1.807, 2.05) is 13.0 Å². The number of H-pyrrole nitrogens is 1. The number of unbranched alkanes of at least 4 members (excludes halogenated alkanes) is 1. The van der Waals surface area contributed by atoms with Crippen molar-refractivity contribution in [2.24, 2.45) is 0 Å². The first-order valence-electron chi connectivity index (χ1n) is 13.1. The molecule has 0 aliphatic carbocycles. The van der Waals surface area contributed by atoms with Crippen LogP contribution in [0.25, 0.3) is 5.76 Å². The maximum atomic E-state index is 14.0. The van der Waals surface area contributed by atoms with Gasteiger partial charge in [-0.1, -0.05) is 25.2 Å². The van der Waals surface area contributed by atoms with Crippen molar-refractivity contribution in [2.75, 3.05) is 27.9 Å². The summed E-state index contributed by atoms with van der Waals surface area (Å²) < 4.78 is 22.3. The molecule has 9 heteroatoms. The molecule has 1 saturated heterocycles. The van der Waals surface area contributed by atoms with E-state index < -0.39 is 23.5 Å². The molecule has 0 radical (unpaired) electrons. The fourth-order valence-electron chi connectivity index (χ4n) is 4.80. The van der Waals surface area contributed by atoms with E-state index in [9.17, 15) is 14.7 Å². The van der Waals surface area contributed by atoms with E-state index in [1.165, 1.54) is 26.2 Å². The molecule has 40 heavy (non-hydrogen) atoms. The molecule has 0 spiro atoms. The Balaban J connectivity index is 1.87. The first kappa shape index (κ1) is 28.5. The fourth-order valence-corrected chi connectivity index (χ4v) is 4.80. The maximum Gasteiger partial charge on any atom is 0.295 e. The number of likely N-dealkylation sites (tertiary alicyclic amines) is 1. The first-order valence-corrected chi connectivity index (χ1v) is 13.1. The summed E-state index contributed by atoms with van der Waals surface area (Å²) in [5, 5.41) is 14.0. The van der Waals surface area contributed by atoms with Crippen molar-refractivity contribution in [2.45, 2.75) is 39.3 Å². The van der Waals surface area contributed by atoms with Crippen molar-refractivity contribution >= 4 is 17.4 Å². The number of aromatic amines is 1. The summed E-state index contributed by atoms with van der Waals surface area (Å²) in [6, 6.07) is 11.0. The molecular weight excluding hydrogens is 512 g/mol. The molecule has 1 unspecified atom stereocenters. The number of hydrogen-bond donors (Lipinski definition) is 0. The van der Waals surface area contributed by atoms with Gasteiger partial charge in [0.25, 0.3) is 5.91 Å². The monoisotopic (exact) mass is 546 g/mol. The number of nitrogens with one attached hydrogen (secondary N) is 1. The van der Waals surface area contributed by atoms with Gasteiger partial charge in [-0.05, 0) is 60.4 Å². The number of benzene rings is 2. The Morgan fingerprint density at radius 1 is 1.00 bits per heavy atom. The maximum absolute atomic E-state index is 14.0. The Morgan fingerprint density at radius 3 is 2.30 bits per heavy atom. The van der Waals surface area contributed by atoms with Gasteiger partial charge in [0, 0.05) is 17.2 Å². The average Bonchev–Trinajstić information content (AvgIpc) is 3.22. The van der Waals surface area contributed by atoms with Gasteiger partial charge in [0.05, 0.1) is 40.5 Å². The molecule has 4 rings (SSSR count). The van der Waals surface area contributed by atoms with Gasteiger partial charge in [-0.3, -0.25) is 9.59 Å². The van der Waals surface area contributed by atoms with Gasteiger partial charge in [0.1, 0.15) is 5.75 Å². The van der Waals surface area contributed by atoms with Crippen molar-refractivity contribution in [3.63, 3.8) is 0 Å². The number of pyridine rings is 1. The number of rotatable bonds is 11. The Labute approximate surface area is 234 Å². The molecule has 0 bridgehead atoms. The Kier molecular flexibility index (Phi) is 8.93. The third-order valence-electron chi connectivity index (χ3n) is 6.85. The lowest BCUT2D eigenvalue weighted by atomic mass is 9.94. The minimum atomic E-state index is -0.984. The average molecular weight is 547 g/mol. The van der Waals surface area contributed by atoms with Gasteiger partial charge >= 0.3 is 0 Å². The lowest BCUT2D eigenvalue weighted by Gasteiger charge is -2.28. The first-order chi connectivity index (χ1) is 19.3. The van der Waals surface area contributed by atoms with Gasteiger partial charge in [0.15, 0.2) is 23.9 Å². The van der Waals surface area contributed by atoms with Gasteiger partial charge in [-0.25, -0.2) is 4.98 Å². The van der Waals surface area contributed by atoms with E-state index >= 15 is 0 Å². The van der Waals surface area contributed by atoms with E-state index in [0.29, 0.717) is 40.7 Å². The molecule has 1 atom stereocenters. The zero-order chi connectivity index (χ0) is 28.8. The van der Waals surface area contributed by atoms with Crippen molar-refractivity contribution < 1.29 is 38.6 Å². The van der Waals surface area contributed by atoms with Crippen LogP contribution in [0.4, 0.5) is 0 Å². The molecule has 2 aromatic carbocycles. The number of ketones is 1. The number of hydrogen-bond acceptors (Lipinski definition) is 7. The van der Waals surface area contributed by atoms with Crippen molar-refractivity contribution in [1.82, 2.24) is 4.90 Å². The van der Waals surface area contributed by atoms with Crippen LogP contribution in [0.1, 0.15) is 48.1 Å². The predicted octanol–water partition coefficient (Wildman–Crippen LogP) is 3.44. The molecule has 1 aliphatic heterocycles. The molecule has 2 heterocycles. The second kappa shape index (κ2) is 12.5. The van der Waals surface area contributed by atoms with Crippen LogP contribution in [0.5, 0.6) is 23.0 Å². The molecule has 1 N–H and O–H groups in total. The quantitative estimate of drug-likeness (QED) is 0.157. The smallest absolute Gasteiger partial charge is 0.295 e. The minimum Gasteiger partial charge on any atom is -0.872 e. The number of amides is 1. The van der Waals surface area contributed by atoms with Gasteiger partial charge in [-0.2, -0.15) is 0 Å². The van der Waals surface area contributed by atoms with Crippen LogP contribution in [0.2, 0.25) is 0 Å². The number of carbonyl (C=O) groups excluding carboxylic acids is 2. The summed E-state index contributed by atoms with van der Waals surface area (Å²) in [6.07, 6.45) is 5.41. The second-order valence-electron chi connectivity index (χ2n) is 9.46. The highest BCUT2D eigenvalue weighted by Crippen LogP contribution is 2.46. The third-order valence-corrected chi connectivity index (χ3v) is 6.85. The lowest BCUT2D eigenvalue weighted by molar-refractivity contribution is -0.378. The van der Waals surface area contributed by atoms with E-state index in [4.69, 9.17) is 18.9 Å². The van der Waals surface area contributed by atoms with E-state index in [-0.39, 0.29) is 12.1 Å². The van der Waals surface area contributed by atoms with Gasteiger partial charge in [0.2, 0.25) is 11.5 Å². The van der Waals surface area contributed by atoms with Gasteiger partial charge < -0.3 is 29.0 Å². The van der Waals surface area contributed by atoms with Crippen molar-refractivity contribution in [3.05, 3.63) is 82.7 Å². The predicted molar refractivity (Wildman–Crippen MR) is 146 cm³/mol. The van der Waals surface area contributed by atoms with Crippen LogP contribution < -0.4 is 29.0 Å². The van der Waals surface area contributed by atoms with Crippen LogP contribution >= 0.6 is 0 Å². The number of aryl methyl sites for hydroxylation is 1. The van der Waals surface area contributed by atoms with Crippen LogP contribution in [-0.2, 0) is 16.1 Å². The molecule has 1 aliphatic rings. The SMILES string of the molecule is CCCCOc1ccc(C([O-])=C2C(=O)C(=O)N(Cc3ccc[nH+]c3)C2c2cc(OC)c(OC)c(OC)c2)cc1C. The summed E-state index contributed by atoms with van der Waals surface area (Å²) in [5.41, 5.74) is 2.16. The molecule has 1 fully saturated rings. The number of nitrogens with zero attached hydrogens (tertiary/aromatic N) is 1. The zero-order valence-corrected chi connectivity index (χ0v) is 23.4. The number of carbonyl (C=O) groups is 2. The van der Waals surface area contributed by atoms with Crippen LogP contribution in [0.3, 0.4) is 0 Å². The van der Waals surface area contributed by atoms with Crippen molar-refractivity contribution in [3.8, 4) is 23.0 Å². The molecule has 9 nitrogen and oxygen atoms in total. The highest BCUT2D eigenvalue weighted by atomic mass is 16.5. The third kappa shape index (κ3) is 5.59. The van der Waals surface area contributed by atoms with Crippen LogP contribution in [0.15, 0.2) is 60.4 Å². The minimum absolute atomic E-state index is 0.100. The second-order valence-corrected chi connectivity index (χ2v) is 9.46. The Bertz CT molecular complexity index is 1390. The summed E-state index contributed by atoms with van der Waals surface area (Å²) in [4.78, 5) is 31.3. The zero-order valence-electron chi connectivity index (χ0n) is 23.4. The topological polar surface area (TPSA) is 112 Å². The number of aromatic nitrogens is 1. The molecule has 1 aromatic heterocycles. The van der Waals surface area contributed by atoms with Gasteiger partial charge in [-0.15, -0.1) is 0 Å². The van der Waals surface area contributed by atoms with Crippen molar-refractivity contribution in [1.29, 1.82) is 0 Å². The normalized spacial score (nSPS) is 16.2. The van der Waals surface area contributed by atoms with E-state index in [2.05, 4.69) is 11.9 Å². The lowest BCUT2D eigenvalue weighted by Crippen LogP contribution is -2.29. The Hall–Kier alpha value is -4.53.